The maximum Gasteiger partial charge on any atom is 0.155 e. The number of hydrogen-bond donors (Lipinski definition) is 1. The van der Waals surface area contributed by atoms with Crippen molar-refractivity contribution in [1.29, 1.82) is 0 Å². The van der Waals surface area contributed by atoms with E-state index in [1.54, 1.807) is 13.3 Å². The molecule has 0 amide bonds. The molecular weight excluding hydrogens is 276 g/mol. The minimum atomic E-state index is 0.507. The molecule has 106 valence electrons. The monoisotopic (exact) mass is 292 g/mol. The summed E-state index contributed by atoms with van der Waals surface area (Å²) in [5.74, 6) is 1.45. The Morgan fingerprint density at radius 2 is 2.25 bits per heavy atom. The summed E-state index contributed by atoms with van der Waals surface area (Å²) in [6.07, 6.45) is 3.90. The van der Waals surface area contributed by atoms with Crippen LogP contribution >= 0.6 is 11.6 Å². The van der Waals surface area contributed by atoms with Gasteiger partial charge in [-0.05, 0) is 25.1 Å². The van der Waals surface area contributed by atoms with E-state index in [1.165, 1.54) is 6.33 Å². The topological polar surface area (TPSA) is 64.3 Å². The molecule has 6 heteroatoms. The molecule has 1 heterocycles. The fourth-order valence-electron chi connectivity index (χ4n) is 1.89. The van der Waals surface area contributed by atoms with Gasteiger partial charge >= 0.3 is 0 Å². The van der Waals surface area contributed by atoms with E-state index < -0.39 is 0 Å². The molecule has 0 saturated carbocycles. The molecule has 5 nitrogen and oxygen atoms in total. The number of aromatic nitrogens is 2. The largest absolute Gasteiger partial charge is 0.497 e. The van der Waals surface area contributed by atoms with Crippen LogP contribution in [0.15, 0.2) is 36.8 Å². The zero-order valence-corrected chi connectivity index (χ0v) is 12.0. The first-order valence-electron chi connectivity index (χ1n) is 6.33. The molecule has 0 bridgehead atoms. The molecule has 0 aliphatic carbocycles. The summed E-state index contributed by atoms with van der Waals surface area (Å²) in [5.41, 5.74) is 6.57. The molecule has 0 saturated heterocycles. The molecule has 0 spiro atoms. The summed E-state index contributed by atoms with van der Waals surface area (Å²) in [6, 6.07) is 7.75. The van der Waals surface area contributed by atoms with Gasteiger partial charge in [0.2, 0.25) is 0 Å². The van der Waals surface area contributed by atoms with Gasteiger partial charge in [0.1, 0.15) is 17.1 Å². The minimum Gasteiger partial charge on any atom is -0.497 e. The van der Waals surface area contributed by atoms with Crippen molar-refractivity contribution in [3.8, 4) is 5.75 Å². The number of ether oxygens (including phenoxy) is 1. The third-order valence-corrected chi connectivity index (χ3v) is 3.12. The van der Waals surface area contributed by atoms with E-state index in [1.807, 2.05) is 29.2 Å². The lowest BCUT2D eigenvalue weighted by atomic mass is 10.2. The molecule has 20 heavy (non-hydrogen) atoms. The van der Waals surface area contributed by atoms with E-state index in [9.17, 15) is 0 Å². The number of anilines is 2. The quantitative estimate of drug-likeness (QED) is 0.886. The maximum absolute atomic E-state index is 6.19. The van der Waals surface area contributed by atoms with Crippen LogP contribution in [0.5, 0.6) is 5.75 Å². The maximum atomic E-state index is 6.19. The molecule has 1 aromatic heterocycles. The number of halogens is 1. The normalized spacial score (nSPS) is 10.3. The average molecular weight is 293 g/mol. The van der Waals surface area contributed by atoms with E-state index in [-0.39, 0.29) is 0 Å². The van der Waals surface area contributed by atoms with Crippen LogP contribution in [0.2, 0.25) is 5.02 Å². The van der Waals surface area contributed by atoms with E-state index >= 15 is 0 Å². The van der Waals surface area contributed by atoms with Crippen molar-refractivity contribution in [3.63, 3.8) is 0 Å². The van der Waals surface area contributed by atoms with Crippen molar-refractivity contribution in [2.24, 2.45) is 5.73 Å². The van der Waals surface area contributed by atoms with E-state index in [4.69, 9.17) is 22.1 Å². The number of nitrogens with zero attached hydrogens (tertiary/aromatic N) is 3. The Balaban J connectivity index is 2.38. The third kappa shape index (κ3) is 3.37. The number of methoxy groups -OCH3 is 1. The van der Waals surface area contributed by atoms with Gasteiger partial charge in [-0.25, -0.2) is 9.97 Å². The standard InChI is InChI=1S/C14H17ClN4O/c1-20-12-5-2-4-11(8-12)19(7-3-6-16)14-13(15)9-17-10-18-14/h2,4-5,8-10H,3,6-7,16H2,1H3. The number of benzene rings is 1. The Bertz CT molecular complexity index is 564. The second kappa shape index (κ2) is 7.07. The summed E-state index contributed by atoms with van der Waals surface area (Å²) >= 11 is 6.19. The smallest absolute Gasteiger partial charge is 0.155 e. The minimum absolute atomic E-state index is 0.507. The molecule has 0 aliphatic rings. The highest BCUT2D eigenvalue weighted by atomic mass is 35.5. The van der Waals surface area contributed by atoms with Crippen molar-refractivity contribution in [1.82, 2.24) is 9.97 Å². The first kappa shape index (κ1) is 14.6. The molecule has 0 aliphatic heterocycles. The molecule has 0 atom stereocenters. The highest BCUT2D eigenvalue weighted by Gasteiger charge is 2.14. The van der Waals surface area contributed by atoms with Crippen molar-refractivity contribution >= 4 is 23.1 Å². The first-order valence-corrected chi connectivity index (χ1v) is 6.71. The Kier molecular flexibility index (Phi) is 5.15. The van der Waals surface area contributed by atoms with Crippen LogP contribution in [0.1, 0.15) is 6.42 Å². The lowest BCUT2D eigenvalue weighted by molar-refractivity contribution is 0.415. The van der Waals surface area contributed by atoms with Crippen molar-refractivity contribution < 1.29 is 4.74 Å². The second-order valence-electron chi connectivity index (χ2n) is 4.19. The third-order valence-electron chi connectivity index (χ3n) is 2.85. The number of hydrogen-bond acceptors (Lipinski definition) is 5. The van der Waals surface area contributed by atoms with Gasteiger partial charge in [0.25, 0.3) is 0 Å². The van der Waals surface area contributed by atoms with Gasteiger partial charge in [-0.1, -0.05) is 17.7 Å². The van der Waals surface area contributed by atoms with Gasteiger partial charge in [-0.2, -0.15) is 0 Å². The molecular formula is C14H17ClN4O. The Morgan fingerprint density at radius 3 is 2.95 bits per heavy atom. The zero-order chi connectivity index (χ0) is 14.4. The Morgan fingerprint density at radius 1 is 1.40 bits per heavy atom. The van der Waals surface area contributed by atoms with Gasteiger partial charge in [-0.3, -0.25) is 0 Å². The van der Waals surface area contributed by atoms with Crippen LogP contribution in [0.4, 0.5) is 11.5 Å². The zero-order valence-electron chi connectivity index (χ0n) is 11.3. The molecule has 0 radical (unpaired) electrons. The summed E-state index contributed by atoms with van der Waals surface area (Å²) in [7, 11) is 1.64. The van der Waals surface area contributed by atoms with Crippen LogP contribution in [0.3, 0.4) is 0 Å². The van der Waals surface area contributed by atoms with Crippen LogP contribution < -0.4 is 15.4 Å². The van der Waals surface area contributed by atoms with Crippen molar-refractivity contribution in [3.05, 3.63) is 41.8 Å². The van der Waals surface area contributed by atoms with Crippen LogP contribution in [-0.2, 0) is 0 Å². The predicted molar refractivity (Wildman–Crippen MR) is 80.7 cm³/mol. The van der Waals surface area contributed by atoms with Gasteiger partial charge in [0, 0.05) is 18.3 Å². The average Bonchev–Trinajstić information content (AvgIpc) is 2.49. The highest BCUT2D eigenvalue weighted by molar-refractivity contribution is 6.32. The first-order chi connectivity index (χ1) is 9.76. The van der Waals surface area contributed by atoms with Crippen LogP contribution in [0, 0.1) is 0 Å². The van der Waals surface area contributed by atoms with Gasteiger partial charge in [-0.15, -0.1) is 0 Å². The fraction of sp³-hybridized carbons (Fsp3) is 0.286. The van der Waals surface area contributed by atoms with Crippen molar-refractivity contribution in [2.75, 3.05) is 25.1 Å². The number of rotatable bonds is 6. The van der Waals surface area contributed by atoms with E-state index in [0.717, 1.165) is 24.4 Å². The summed E-state index contributed by atoms with van der Waals surface area (Å²) in [6.45, 7) is 1.32. The Labute approximate surface area is 123 Å². The molecule has 2 aromatic rings. The van der Waals surface area contributed by atoms with E-state index in [0.29, 0.717) is 17.4 Å². The van der Waals surface area contributed by atoms with Crippen LogP contribution in [-0.4, -0.2) is 30.2 Å². The van der Waals surface area contributed by atoms with Crippen molar-refractivity contribution in [2.45, 2.75) is 6.42 Å². The lowest BCUT2D eigenvalue weighted by Gasteiger charge is -2.24. The highest BCUT2D eigenvalue weighted by Crippen LogP contribution is 2.31. The Hall–Kier alpha value is -1.85. The fourth-order valence-corrected chi connectivity index (χ4v) is 2.10. The van der Waals surface area contributed by atoms with Gasteiger partial charge in [0.05, 0.1) is 13.3 Å². The summed E-state index contributed by atoms with van der Waals surface area (Å²) in [4.78, 5) is 10.2. The summed E-state index contributed by atoms with van der Waals surface area (Å²) in [5, 5.41) is 0.507. The van der Waals surface area contributed by atoms with Gasteiger partial charge in [0.15, 0.2) is 5.82 Å². The summed E-state index contributed by atoms with van der Waals surface area (Å²) < 4.78 is 5.26. The van der Waals surface area contributed by atoms with Gasteiger partial charge < -0.3 is 15.4 Å². The molecule has 0 unspecified atom stereocenters. The molecule has 2 N–H and O–H groups in total. The predicted octanol–water partition coefficient (Wildman–Crippen LogP) is 2.63. The van der Waals surface area contributed by atoms with Crippen LogP contribution in [0.25, 0.3) is 0 Å². The molecule has 0 fully saturated rings. The molecule has 1 aromatic carbocycles. The second-order valence-corrected chi connectivity index (χ2v) is 4.60. The molecule has 2 rings (SSSR count). The number of nitrogens with two attached hydrogens (primary N) is 1. The SMILES string of the molecule is COc1cccc(N(CCCN)c2ncncc2Cl)c1. The lowest BCUT2D eigenvalue weighted by Crippen LogP contribution is -2.22. The van der Waals surface area contributed by atoms with E-state index in [2.05, 4.69) is 9.97 Å².